The number of pyridine rings is 1. The van der Waals surface area contributed by atoms with E-state index < -0.39 is 38.2 Å². The number of carbonyl (C=O) groups is 2. The van der Waals surface area contributed by atoms with Gasteiger partial charge in [-0.25, -0.2) is 23.1 Å². The van der Waals surface area contributed by atoms with Gasteiger partial charge < -0.3 is 9.64 Å². The number of urea groups is 1. The number of sulfone groups is 1. The number of para-hydroxylation sites is 1. The molecular weight excluding hydrogens is 487 g/mol. The van der Waals surface area contributed by atoms with Crippen molar-refractivity contribution in [2.24, 2.45) is 0 Å². The molecule has 1 aliphatic heterocycles. The van der Waals surface area contributed by atoms with E-state index in [0.717, 1.165) is 17.0 Å². The lowest BCUT2D eigenvalue weighted by Crippen LogP contribution is -2.33. The van der Waals surface area contributed by atoms with E-state index in [1.807, 2.05) is 6.07 Å². The Hall–Kier alpha value is -3.93. The predicted octanol–water partition coefficient (Wildman–Crippen LogP) is 4.52. The van der Waals surface area contributed by atoms with Crippen LogP contribution in [0.3, 0.4) is 0 Å². The first-order chi connectivity index (χ1) is 16.5. The van der Waals surface area contributed by atoms with Crippen molar-refractivity contribution in [3.8, 4) is 11.6 Å². The summed E-state index contributed by atoms with van der Waals surface area (Å²) in [5, 5.41) is 0. The third-order valence-corrected chi connectivity index (χ3v) is 6.81. The Labute approximate surface area is 198 Å². The van der Waals surface area contributed by atoms with E-state index in [-0.39, 0.29) is 18.1 Å². The van der Waals surface area contributed by atoms with Crippen molar-refractivity contribution in [2.45, 2.75) is 29.9 Å². The van der Waals surface area contributed by atoms with Gasteiger partial charge in [0.1, 0.15) is 11.8 Å². The molecule has 1 atom stereocenters. The Morgan fingerprint density at radius 1 is 1.00 bits per heavy atom. The Balaban J connectivity index is 1.53. The van der Waals surface area contributed by atoms with Crippen molar-refractivity contribution < 1.29 is 35.9 Å². The summed E-state index contributed by atoms with van der Waals surface area (Å²) in [5.41, 5.74) is -4.88. The molecule has 2 heterocycles. The smallest absolute Gasteiger partial charge is 0.439 e. The third kappa shape index (κ3) is 4.69. The Kier molecular flexibility index (Phi) is 6.24. The van der Waals surface area contributed by atoms with Gasteiger partial charge in [0.15, 0.2) is 0 Å². The standard InChI is InChI=1S/C23H18F3N3O5S/c1-15-21(30)29(17-7-9-19(10-8-17)35(32,33)23(24,25)26)22(31)28(15)14-16-11-12-27-20(13-16)34-18-5-3-2-4-6-18/h2-13,15H,14H2,1H3. The maximum absolute atomic E-state index is 13.0. The van der Waals surface area contributed by atoms with Crippen molar-refractivity contribution in [1.82, 2.24) is 9.88 Å². The minimum Gasteiger partial charge on any atom is -0.439 e. The highest BCUT2D eigenvalue weighted by atomic mass is 32.2. The number of benzene rings is 2. The van der Waals surface area contributed by atoms with E-state index in [1.54, 1.807) is 36.4 Å². The van der Waals surface area contributed by atoms with Gasteiger partial charge in [-0.1, -0.05) is 18.2 Å². The van der Waals surface area contributed by atoms with Crippen LogP contribution in [0.2, 0.25) is 0 Å². The van der Waals surface area contributed by atoms with Crippen LogP contribution in [0.15, 0.2) is 77.8 Å². The molecule has 0 saturated carbocycles. The molecule has 1 aromatic heterocycles. The average molecular weight is 505 g/mol. The van der Waals surface area contributed by atoms with Crippen molar-refractivity contribution in [3.05, 3.63) is 78.5 Å². The molecule has 35 heavy (non-hydrogen) atoms. The average Bonchev–Trinajstić information content (AvgIpc) is 3.02. The van der Waals surface area contributed by atoms with Crippen LogP contribution in [0, 0.1) is 0 Å². The minimum absolute atomic E-state index is 0.0381. The second-order valence-electron chi connectivity index (χ2n) is 7.62. The number of nitrogens with zero attached hydrogens (tertiary/aromatic N) is 3. The highest BCUT2D eigenvalue weighted by Crippen LogP contribution is 2.33. The molecule has 4 rings (SSSR count). The van der Waals surface area contributed by atoms with Crippen LogP contribution in [0.25, 0.3) is 0 Å². The lowest BCUT2D eigenvalue weighted by molar-refractivity contribution is -0.119. The zero-order valence-corrected chi connectivity index (χ0v) is 19.0. The van der Waals surface area contributed by atoms with E-state index in [2.05, 4.69) is 4.98 Å². The van der Waals surface area contributed by atoms with E-state index in [1.165, 1.54) is 18.0 Å². The van der Waals surface area contributed by atoms with Gasteiger partial charge in [0.05, 0.1) is 10.6 Å². The fraction of sp³-hybridized carbons (Fsp3) is 0.174. The molecule has 12 heteroatoms. The summed E-state index contributed by atoms with van der Waals surface area (Å²) in [4.78, 5) is 31.1. The molecule has 8 nitrogen and oxygen atoms in total. The van der Waals surface area contributed by atoms with Gasteiger partial charge in [0.2, 0.25) is 5.88 Å². The van der Waals surface area contributed by atoms with Crippen LogP contribution in [-0.2, 0) is 21.2 Å². The van der Waals surface area contributed by atoms with Crippen molar-refractivity contribution >= 4 is 27.5 Å². The molecule has 0 aliphatic carbocycles. The first-order valence-corrected chi connectivity index (χ1v) is 11.7. The van der Waals surface area contributed by atoms with Crippen LogP contribution < -0.4 is 9.64 Å². The maximum Gasteiger partial charge on any atom is 0.501 e. The van der Waals surface area contributed by atoms with Gasteiger partial charge in [0, 0.05) is 18.8 Å². The quantitative estimate of drug-likeness (QED) is 0.457. The molecule has 2 aromatic carbocycles. The molecule has 0 N–H and O–H groups in total. The molecule has 182 valence electrons. The molecule has 0 bridgehead atoms. The monoisotopic (exact) mass is 505 g/mol. The van der Waals surface area contributed by atoms with E-state index in [0.29, 0.717) is 23.4 Å². The number of halogens is 3. The van der Waals surface area contributed by atoms with Gasteiger partial charge in [-0.2, -0.15) is 13.2 Å². The number of aromatic nitrogens is 1. The first kappa shape index (κ1) is 24.2. The van der Waals surface area contributed by atoms with Gasteiger partial charge in [-0.15, -0.1) is 0 Å². The number of hydrogen-bond donors (Lipinski definition) is 0. The highest BCUT2D eigenvalue weighted by molar-refractivity contribution is 7.92. The maximum atomic E-state index is 13.0. The summed E-state index contributed by atoms with van der Waals surface area (Å²) < 4.78 is 67.2. The molecular formula is C23H18F3N3O5S. The minimum atomic E-state index is -5.55. The fourth-order valence-corrected chi connectivity index (χ4v) is 4.23. The van der Waals surface area contributed by atoms with Crippen LogP contribution in [-0.4, -0.2) is 41.8 Å². The SMILES string of the molecule is CC1C(=O)N(c2ccc(S(=O)(=O)C(F)(F)F)cc2)C(=O)N1Cc1ccnc(Oc2ccccc2)c1. The van der Waals surface area contributed by atoms with Gasteiger partial charge >= 0.3 is 11.5 Å². The fourth-order valence-electron chi connectivity index (χ4n) is 3.47. The highest BCUT2D eigenvalue weighted by Gasteiger charge is 2.47. The van der Waals surface area contributed by atoms with Gasteiger partial charge in [-0.05, 0) is 55.0 Å². The van der Waals surface area contributed by atoms with E-state index in [9.17, 15) is 31.2 Å². The normalized spacial score (nSPS) is 16.6. The number of carbonyl (C=O) groups excluding carboxylic acids is 2. The number of rotatable bonds is 6. The van der Waals surface area contributed by atoms with E-state index >= 15 is 0 Å². The summed E-state index contributed by atoms with van der Waals surface area (Å²) in [7, 11) is -5.55. The van der Waals surface area contributed by atoms with Crippen molar-refractivity contribution in [2.75, 3.05) is 4.90 Å². The van der Waals surface area contributed by atoms with Crippen molar-refractivity contribution in [3.63, 3.8) is 0 Å². The zero-order valence-electron chi connectivity index (χ0n) is 18.1. The summed E-state index contributed by atoms with van der Waals surface area (Å²) in [6.07, 6.45) is 1.50. The topological polar surface area (TPSA) is 96.9 Å². The summed E-state index contributed by atoms with van der Waals surface area (Å²) in [6, 6.07) is 14.1. The van der Waals surface area contributed by atoms with Crippen LogP contribution in [0.5, 0.6) is 11.6 Å². The van der Waals surface area contributed by atoms with Crippen molar-refractivity contribution in [1.29, 1.82) is 0 Å². The lowest BCUT2D eigenvalue weighted by atomic mass is 10.2. The predicted molar refractivity (Wildman–Crippen MR) is 118 cm³/mol. The number of anilines is 1. The number of imide groups is 1. The number of ether oxygens (including phenoxy) is 1. The summed E-state index contributed by atoms with van der Waals surface area (Å²) >= 11 is 0. The Morgan fingerprint density at radius 3 is 2.29 bits per heavy atom. The molecule has 0 radical (unpaired) electrons. The number of hydrogen-bond acceptors (Lipinski definition) is 6. The van der Waals surface area contributed by atoms with Crippen LogP contribution in [0.4, 0.5) is 23.7 Å². The molecule has 1 aliphatic rings. The first-order valence-electron chi connectivity index (χ1n) is 10.2. The number of amides is 3. The molecule has 1 fully saturated rings. The third-order valence-electron chi connectivity index (χ3n) is 5.31. The Morgan fingerprint density at radius 2 is 1.66 bits per heavy atom. The zero-order chi connectivity index (χ0) is 25.4. The summed E-state index contributed by atoms with van der Waals surface area (Å²) in [6.45, 7) is 1.56. The second-order valence-corrected chi connectivity index (χ2v) is 9.56. The molecule has 1 unspecified atom stereocenters. The lowest BCUT2D eigenvalue weighted by Gasteiger charge is -2.19. The van der Waals surface area contributed by atoms with Crippen LogP contribution in [0.1, 0.15) is 12.5 Å². The molecule has 3 aromatic rings. The van der Waals surface area contributed by atoms with Gasteiger partial charge in [0.25, 0.3) is 15.7 Å². The second kappa shape index (κ2) is 9.02. The number of alkyl halides is 3. The van der Waals surface area contributed by atoms with Crippen LogP contribution >= 0.6 is 0 Å². The molecule has 3 amide bonds. The molecule has 0 spiro atoms. The summed E-state index contributed by atoms with van der Waals surface area (Å²) in [5.74, 6) is 0.258. The largest absolute Gasteiger partial charge is 0.501 e. The van der Waals surface area contributed by atoms with E-state index in [4.69, 9.17) is 4.74 Å². The van der Waals surface area contributed by atoms with Gasteiger partial charge in [-0.3, -0.25) is 4.79 Å². The molecule has 1 saturated heterocycles. The Bertz CT molecular complexity index is 1360.